The third-order valence-electron chi connectivity index (χ3n) is 4.14. The first kappa shape index (κ1) is 12.2. The van der Waals surface area contributed by atoms with Gasteiger partial charge in [-0.25, -0.2) is 4.79 Å². The van der Waals surface area contributed by atoms with Crippen LogP contribution >= 0.6 is 0 Å². The van der Waals surface area contributed by atoms with E-state index in [1.54, 1.807) is 19.1 Å². The van der Waals surface area contributed by atoms with Gasteiger partial charge in [0.25, 0.3) is 0 Å². The predicted octanol–water partition coefficient (Wildman–Crippen LogP) is 2.68. The molecule has 0 spiro atoms. The summed E-state index contributed by atoms with van der Waals surface area (Å²) >= 11 is 0. The van der Waals surface area contributed by atoms with E-state index in [1.165, 1.54) is 18.9 Å². The molecule has 1 aromatic carbocycles. The van der Waals surface area contributed by atoms with Gasteiger partial charge in [0, 0.05) is 11.6 Å². The lowest BCUT2D eigenvalue weighted by atomic mass is 10.1. The van der Waals surface area contributed by atoms with E-state index >= 15 is 0 Å². The van der Waals surface area contributed by atoms with Gasteiger partial charge in [-0.15, -0.1) is 0 Å². The highest BCUT2D eigenvalue weighted by Crippen LogP contribution is 2.54. The van der Waals surface area contributed by atoms with Gasteiger partial charge in [-0.05, 0) is 55.7 Å². The summed E-state index contributed by atoms with van der Waals surface area (Å²) in [4.78, 5) is 23.1. The second kappa shape index (κ2) is 4.37. The summed E-state index contributed by atoms with van der Waals surface area (Å²) in [5.74, 6) is 0.558. The van der Waals surface area contributed by atoms with E-state index in [1.807, 2.05) is 0 Å². The molecular weight excluding hydrogens is 242 g/mol. The third kappa shape index (κ3) is 2.48. The number of benzene rings is 1. The maximum absolute atomic E-state index is 12.0. The molecule has 0 aromatic heterocycles. The molecule has 0 saturated heterocycles. The SMILES string of the molecule is Cc1ccc(NC(=O)C2CC2C2CC2)cc1C(=O)O. The van der Waals surface area contributed by atoms with Crippen molar-refractivity contribution in [2.45, 2.75) is 26.2 Å². The van der Waals surface area contributed by atoms with Crippen LogP contribution in [-0.4, -0.2) is 17.0 Å². The molecule has 1 amide bonds. The van der Waals surface area contributed by atoms with Crippen molar-refractivity contribution in [2.24, 2.45) is 17.8 Å². The molecule has 2 N–H and O–H groups in total. The van der Waals surface area contributed by atoms with Crippen LogP contribution in [-0.2, 0) is 4.79 Å². The summed E-state index contributed by atoms with van der Waals surface area (Å²) in [6.45, 7) is 1.75. The smallest absolute Gasteiger partial charge is 0.336 e. The molecule has 19 heavy (non-hydrogen) atoms. The van der Waals surface area contributed by atoms with Crippen molar-refractivity contribution in [3.05, 3.63) is 29.3 Å². The topological polar surface area (TPSA) is 66.4 Å². The van der Waals surface area contributed by atoms with Gasteiger partial charge in [-0.2, -0.15) is 0 Å². The summed E-state index contributed by atoms with van der Waals surface area (Å²) in [6, 6.07) is 5.02. The van der Waals surface area contributed by atoms with E-state index in [9.17, 15) is 9.59 Å². The van der Waals surface area contributed by atoms with Gasteiger partial charge in [-0.3, -0.25) is 4.79 Å². The fourth-order valence-electron chi connectivity index (χ4n) is 2.73. The number of hydrogen-bond acceptors (Lipinski definition) is 2. The molecule has 2 unspecified atom stereocenters. The molecule has 2 saturated carbocycles. The summed E-state index contributed by atoms with van der Waals surface area (Å²) in [7, 11) is 0. The van der Waals surface area contributed by atoms with Crippen molar-refractivity contribution >= 4 is 17.6 Å². The average molecular weight is 259 g/mol. The minimum Gasteiger partial charge on any atom is -0.478 e. The molecular formula is C15H17NO3. The molecule has 2 aliphatic carbocycles. The second-order valence-electron chi connectivity index (χ2n) is 5.67. The Morgan fingerprint density at radius 2 is 2.05 bits per heavy atom. The van der Waals surface area contributed by atoms with E-state index in [0.717, 1.165) is 12.3 Å². The lowest BCUT2D eigenvalue weighted by molar-refractivity contribution is -0.117. The first-order chi connectivity index (χ1) is 9.06. The van der Waals surface area contributed by atoms with Crippen molar-refractivity contribution < 1.29 is 14.7 Å². The molecule has 0 aliphatic heterocycles. The van der Waals surface area contributed by atoms with Crippen LogP contribution in [0.2, 0.25) is 0 Å². The van der Waals surface area contributed by atoms with Crippen LogP contribution in [0.1, 0.15) is 35.2 Å². The summed E-state index contributed by atoms with van der Waals surface area (Å²) in [5.41, 5.74) is 1.52. The normalized spacial score (nSPS) is 24.9. The molecule has 0 heterocycles. The zero-order valence-corrected chi connectivity index (χ0v) is 10.8. The van der Waals surface area contributed by atoms with Crippen LogP contribution in [0.5, 0.6) is 0 Å². The Morgan fingerprint density at radius 1 is 1.32 bits per heavy atom. The van der Waals surface area contributed by atoms with Gasteiger partial charge in [0.1, 0.15) is 0 Å². The fourth-order valence-corrected chi connectivity index (χ4v) is 2.73. The van der Waals surface area contributed by atoms with Crippen LogP contribution in [0.4, 0.5) is 5.69 Å². The maximum Gasteiger partial charge on any atom is 0.336 e. The number of carbonyl (C=O) groups is 2. The van der Waals surface area contributed by atoms with Crippen molar-refractivity contribution in [1.82, 2.24) is 0 Å². The Morgan fingerprint density at radius 3 is 2.68 bits per heavy atom. The van der Waals surface area contributed by atoms with E-state index < -0.39 is 5.97 Å². The Kier molecular flexibility index (Phi) is 2.81. The molecule has 2 atom stereocenters. The molecule has 100 valence electrons. The number of nitrogens with one attached hydrogen (secondary N) is 1. The molecule has 2 fully saturated rings. The zero-order chi connectivity index (χ0) is 13.6. The standard InChI is InChI=1S/C15H17NO3/c1-8-2-5-10(6-11(8)15(18)19)16-14(17)13-7-12(13)9-3-4-9/h2,5-6,9,12-13H,3-4,7H2,1H3,(H,16,17)(H,18,19). The zero-order valence-electron chi connectivity index (χ0n) is 10.8. The molecule has 0 bridgehead atoms. The molecule has 3 rings (SSSR count). The monoisotopic (exact) mass is 259 g/mol. The molecule has 2 aliphatic rings. The van der Waals surface area contributed by atoms with Crippen molar-refractivity contribution in [2.75, 3.05) is 5.32 Å². The molecule has 4 nitrogen and oxygen atoms in total. The van der Waals surface area contributed by atoms with Gasteiger partial charge >= 0.3 is 5.97 Å². The van der Waals surface area contributed by atoms with Crippen LogP contribution in [0.25, 0.3) is 0 Å². The fraction of sp³-hybridized carbons (Fsp3) is 0.467. The lowest BCUT2D eigenvalue weighted by Crippen LogP contribution is -2.15. The number of carboxylic acids is 1. The van der Waals surface area contributed by atoms with Gasteiger partial charge in [0.2, 0.25) is 5.91 Å². The predicted molar refractivity (Wildman–Crippen MR) is 71.1 cm³/mol. The van der Waals surface area contributed by atoms with Crippen LogP contribution in [0.15, 0.2) is 18.2 Å². The van der Waals surface area contributed by atoms with Gasteiger partial charge in [0.05, 0.1) is 5.56 Å². The number of carbonyl (C=O) groups excluding carboxylic acids is 1. The van der Waals surface area contributed by atoms with Gasteiger partial charge in [-0.1, -0.05) is 6.07 Å². The number of aryl methyl sites for hydroxylation is 1. The average Bonchev–Trinajstić information content (AvgIpc) is 3.23. The third-order valence-corrected chi connectivity index (χ3v) is 4.14. The molecule has 0 radical (unpaired) electrons. The Labute approximate surface area is 111 Å². The van der Waals surface area contributed by atoms with Crippen molar-refractivity contribution in [1.29, 1.82) is 0 Å². The van der Waals surface area contributed by atoms with Crippen LogP contribution in [0, 0.1) is 24.7 Å². The summed E-state index contributed by atoms with van der Waals surface area (Å²) in [5, 5.41) is 11.9. The lowest BCUT2D eigenvalue weighted by Gasteiger charge is -2.07. The highest BCUT2D eigenvalue weighted by atomic mass is 16.4. The Balaban J connectivity index is 1.68. The number of carboxylic acid groups (broad SMARTS) is 1. The number of rotatable bonds is 4. The minimum absolute atomic E-state index is 0.0390. The summed E-state index contributed by atoms with van der Waals surface area (Å²) in [6.07, 6.45) is 3.53. The highest BCUT2D eigenvalue weighted by Gasteiger charge is 2.51. The first-order valence-corrected chi connectivity index (χ1v) is 6.71. The van der Waals surface area contributed by atoms with Crippen LogP contribution < -0.4 is 5.32 Å². The summed E-state index contributed by atoms with van der Waals surface area (Å²) < 4.78 is 0. The van der Waals surface area contributed by atoms with Gasteiger partial charge in [0.15, 0.2) is 0 Å². The minimum atomic E-state index is -0.962. The number of aromatic carboxylic acids is 1. The van der Waals surface area contributed by atoms with Crippen LogP contribution in [0.3, 0.4) is 0 Å². The second-order valence-corrected chi connectivity index (χ2v) is 5.67. The Bertz CT molecular complexity index is 548. The first-order valence-electron chi connectivity index (χ1n) is 6.71. The number of hydrogen-bond donors (Lipinski definition) is 2. The van der Waals surface area contributed by atoms with E-state index in [2.05, 4.69) is 5.32 Å². The van der Waals surface area contributed by atoms with E-state index in [4.69, 9.17) is 5.11 Å². The van der Waals surface area contributed by atoms with E-state index in [-0.39, 0.29) is 17.4 Å². The number of anilines is 1. The molecule has 4 heteroatoms. The molecule has 1 aromatic rings. The maximum atomic E-state index is 12.0. The Hall–Kier alpha value is -1.84. The van der Waals surface area contributed by atoms with E-state index in [0.29, 0.717) is 17.2 Å². The highest BCUT2D eigenvalue weighted by molar-refractivity contribution is 5.96. The van der Waals surface area contributed by atoms with Crippen molar-refractivity contribution in [3.8, 4) is 0 Å². The largest absolute Gasteiger partial charge is 0.478 e. The quantitative estimate of drug-likeness (QED) is 0.873. The van der Waals surface area contributed by atoms with Crippen molar-refractivity contribution in [3.63, 3.8) is 0 Å². The number of amides is 1. The van der Waals surface area contributed by atoms with Gasteiger partial charge < -0.3 is 10.4 Å².